The van der Waals surface area contributed by atoms with Crippen molar-refractivity contribution < 1.29 is 13.9 Å². The second kappa shape index (κ2) is 5.57. The number of esters is 1. The molecular weight excluding hydrogens is 303 g/mol. The van der Waals surface area contributed by atoms with Crippen LogP contribution in [0.1, 0.15) is 78.6 Å². The summed E-state index contributed by atoms with van der Waals surface area (Å²) in [6.07, 6.45) is 9.53. The minimum Gasteiger partial charge on any atom is -0.462 e. The third kappa shape index (κ3) is 2.37. The fourth-order valence-corrected chi connectivity index (χ4v) is 7.03. The molecule has 0 saturated heterocycles. The predicted octanol–water partition coefficient (Wildman–Crippen LogP) is 5.57. The molecule has 0 aliphatic heterocycles. The topological polar surface area (TPSA) is 26.3 Å². The highest BCUT2D eigenvalue weighted by Gasteiger charge is 2.57. The van der Waals surface area contributed by atoms with Gasteiger partial charge in [0, 0.05) is 19.8 Å². The van der Waals surface area contributed by atoms with Gasteiger partial charge in [-0.25, -0.2) is 4.39 Å². The lowest BCUT2D eigenvalue weighted by Crippen LogP contribution is -2.50. The quantitative estimate of drug-likeness (QED) is 0.586. The van der Waals surface area contributed by atoms with E-state index in [1.54, 1.807) is 0 Å². The van der Waals surface area contributed by atoms with Crippen LogP contribution in [0.3, 0.4) is 0 Å². The van der Waals surface area contributed by atoms with Crippen molar-refractivity contribution in [1.82, 2.24) is 0 Å². The Balaban J connectivity index is 1.64. The normalized spacial score (nSPS) is 47.7. The molecule has 24 heavy (non-hydrogen) atoms. The fraction of sp³-hybridized carbons (Fsp3) is 0.857. The Hall–Kier alpha value is -0.860. The molecule has 4 aliphatic carbocycles. The lowest BCUT2D eigenvalue weighted by atomic mass is 9.48. The molecule has 0 N–H and O–H groups in total. The number of carbonyl (C=O) groups is 1. The number of carbonyl (C=O) groups excluding carboxylic acids is 1. The van der Waals surface area contributed by atoms with Gasteiger partial charge in [0.1, 0.15) is 11.9 Å². The molecule has 0 aromatic carbocycles. The van der Waals surface area contributed by atoms with Crippen LogP contribution in [-0.2, 0) is 9.53 Å². The van der Waals surface area contributed by atoms with Crippen molar-refractivity contribution in [2.45, 2.75) is 84.7 Å². The second-order valence-electron chi connectivity index (χ2n) is 9.44. The van der Waals surface area contributed by atoms with Crippen LogP contribution in [-0.4, -0.2) is 12.1 Å². The molecule has 3 fully saturated rings. The summed E-state index contributed by atoms with van der Waals surface area (Å²) in [5, 5.41) is 0. The number of allylic oxidation sites excluding steroid dienone is 1. The Morgan fingerprint density at radius 2 is 1.88 bits per heavy atom. The first-order valence-corrected chi connectivity index (χ1v) is 9.89. The van der Waals surface area contributed by atoms with Gasteiger partial charge in [-0.15, -0.1) is 0 Å². The number of fused-ring (bicyclic) bond motifs is 5. The molecule has 4 rings (SSSR count). The standard InChI is InChI=1S/C21H31FO2/c1-13(23)24-14-6-10-21(3)17-7-9-20(2)8-4-5-16(20)15(17)12-19(22)18(21)11-14/h14-17H,4-12H2,1-3H3/t14-,15+,16+,17+,20-,21+/m0/s1. The van der Waals surface area contributed by atoms with E-state index in [1.807, 2.05) is 0 Å². The maximum atomic E-state index is 15.2. The minimum atomic E-state index is -0.238. The van der Waals surface area contributed by atoms with Crippen LogP contribution in [0, 0.1) is 28.6 Å². The van der Waals surface area contributed by atoms with Gasteiger partial charge in [0.2, 0.25) is 0 Å². The maximum absolute atomic E-state index is 15.2. The molecule has 0 aromatic heterocycles. The van der Waals surface area contributed by atoms with Crippen molar-refractivity contribution in [3.63, 3.8) is 0 Å². The highest BCUT2D eigenvalue weighted by molar-refractivity contribution is 5.66. The SMILES string of the molecule is CC(=O)O[C@H]1CC[C@@]2(C)C(=C(F)C[C@@H]3[C@H]4CCC[C@@]4(C)CC[C@H]32)C1. The average Bonchev–Trinajstić information content (AvgIpc) is 2.90. The summed E-state index contributed by atoms with van der Waals surface area (Å²) in [5.41, 5.74) is 1.44. The summed E-state index contributed by atoms with van der Waals surface area (Å²) in [7, 11) is 0. The van der Waals surface area contributed by atoms with Gasteiger partial charge in [-0.3, -0.25) is 4.79 Å². The molecule has 0 aromatic rings. The lowest BCUT2D eigenvalue weighted by molar-refractivity contribution is -0.148. The smallest absolute Gasteiger partial charge is 0.302 e. The van der Waals surface area contributed by atoms with Crippen molar-refractivity contribution >= 4 is 5.97 Å². The van der Waals surface area contributed by atoms with Crippen LogP contribution in [0.2, 0.25) is 0 Å². The molecule has 0 amide bonds. The summed E-state index contributed by atoms with van der Waals surface area (Å²) in [4.78, 5) is 11.3. The zero-order chi connectivity index (χ0) is 17.1. The second-order valence-corrected chi connectivity index (χ2v) is 9.44. The predicted molar refractivity (Wildman–Crippen MR) is 91.9 cm³/mol. The minimum absolute atomic E-state index is 0.00638. The van der Waals surface area contributed by atoms with Gasteiger partial charge in [0.05, 0.1) is 0 Å². The van der Waals surface area contributed by atoms with Crippen molar-refractivity contribution in [1.29, 1.82) is 0 Å². The number of ether oxygens (including phenoxy) is 1. The van der Waals surface area contributed by atoms with E-state index in [2.05, 4.69) is 13.8 Å². The molecule has 0 unspecified atom stereocenters. The maximum Gasteiger partial charge on any atom is 0.302 e. The van der Waals surface area contributed by atoms with E-state index in [9.17, 15) is 4.79 Å². The van der Waals surface area contributed by atoms with E-state index in [0.717, 1.165) is 18.4 Å². The van der Waals surface area contributed by atoms with Crippen molar-refractivity contribution in [3.8, 4) is 0 Å². The van der Waals surface area contributed by atoms with Gasteiger partial charge in [0.15, 0.2) is 0 Å². The highest BCUT2D eigenvalue weighted by atomic mass is 19.1. The largest absolute Gasteiger partial charge is 0.462 e. The number of halogens is 1. The third-order valence-corrected chi connectivity index (χ3v) is 8.22. The summed E-state index contributed by atoms with van der Waals surface area (Å²) >= 11 is 0. The molecule has 134 valence electrons. The first-order chi connectivity index (χ1) is 11.3. The van der Waals surface area contributed by atoms with Crippen LogP contribution < -0.4 is 0 Å². The van der Waals surface area contributed by atoms with Gasteiger partial charge in [-0.2, -0.15) is 0 Å². The van der Waals surface area contributed by atoms with E-state index >= 15 is 4.39 Å². The molecule has 2 nitrogen and oxygen atoms in total. The van der Waals surface area contributed by atoms with E-state index in [-0.39, 0.29) is 23.3 Å². The van der Waals surface area contributed by atoms with Crippen molar-refractivity contribution in [3.05, 3.63) is 11.4 Å². The van der Waals surface area contributed by atoms with Crippen LogP contribution in [0.25, 0.3) is 0 Å². The zero-order valence-electron chi connectivity index (χ0n) is 15.4. The Morgan fingerprint density at radius 1 is 1.08 bits per heavy atom. The molecule has 3 saturated carbocycles. The summed E-state index contributed by atoms with van der Waals surface area (Å²) in [6, 6.07) is 0. The van der Waals surface area contributed by atoms with E-state index < -0.39 is 0 Å². The Labute approximate surface area is 145 Å². The van der Waals surface area contributed by atoms with E-state index in [1.165, 1.54) is 39.0 Å². The first kappa shape index (κ1) is 16.6. The monoisotopic (exact) mass is 334 g/mol. The Morgan fingerprint density at radius 3 is 2.62 bits per heavy atom. The molecule has 0 radical (unpaired) electrons. The first-order valence-electron chi connectivity index (χ1n) is 9.89. The van der Waals surface area contributed by atoms with Gasteiger partial charge in [-0.05, 0) is 72.7 Å². The molecule has 3 heteroatoms. The van der Waals surface area contributed by atoms with Gasteiger partial charge >= 0.3 is 5.97 Å². The summed E-state index contributed by atoms with van der Waals surface area (Å²) in [5.74, 6) is 1.77. The molecule has 0 heterocycles. The molecule has 6 atom stereocenters. The van der Waals surface area contributed by atoms with Gasteiger partial charge in [-0.1, -0.05) is 20.3 Å². The third-order valence-electron chi connectivity index (χ3n) is 8.22. The molecule has 4 aliphatic rings. The van der Waals surface area contributed by atoms with E-state index in [4.69, 9.17) is 4.74 Å². The van der Waals surface area contributed by atoms with Gasteiger partial charge in [0.25, 0.3) is 0 Å². The highest BCUT2D eigenvalue weighted by Crippen LogP contribution is 2.66. The summed E-state index contributed by atoms with van der Waals surface area (Å²) < 4.78 is 20.6. The van der Waals surface area contributed by atoms with Crippen molar-refractivity contribution in [2.24, 2.45) is 28.6 Å². The van der Waals surface area contributed by atoms with E-state index in [0.29, 0.717) is 36.0 Å². The molecule has 0 spiro atoms. The zero-order valence-corrected chi connectivity index (χ0v) is 15.4. The Kier molecular flexibility index (Phi) is 3.85. The number of hydrogen-bond donors (Lipinski definition) is 0. The average molecular weight is 334 g/mol. The molecule has 0 bridgehead atoms. The van der Waals surface area contributed by atoms with Crippen molar-refractivity contribution in [2.75, 3.05) is 0 Å². The summed E-state index contributed by atoms with van der Waals surface area (Å²) in [6.45, 7) is 6.22. The number of hydrogen-bond acceptors (Lipinski definition) is 2. The van der Waals surface area contributed by atoms with Crippen LogP contribution in [0.15, 0.2) is 11.4 Å². The molecular formula is C21H31FO2. The van der Waals surface area contributed by atoms with Crippen LogP contribution >= 0.6 is 0 Å². The Bertz CT molecular complexity index is 582. The fourth-order valence-electron chi connectivity index (χ4n) is 7.03. The van der Waals surface area contributed by atoms with Crippen LogP contribution in [0.5, 0.6) is 0 Å². The van der Waals surface area contributed by atoms with Gasteiger partial charge < -0.3 is 4.74 Å². The lowest BCUT2D eigenvalue weighted by Gasteiger charge is -2.57. The number of rotatable bonds is 1. The van der Waals surface area contributed by atoms with Crippen LogP contribution in [0.4, 0.5) is 4.39 Å².